The first kappa shape index (κ1) is 22.1. The van der Waals surface area contributed by atoms with Gasteiger partial charge in [0.05, 0.1) is 9.83 Å². The molecule has 1 aliphatic rings. The number of hydrogen-bond acceptors (Lipinski definition) is 8. The minimum atomic E-state index is -1.10. The molecular formula is C19H16N2O6S3. The molecule has 156 valence electrons. The van der Waals surface area contributed by atoms with Crippen molar-refractivity contribution in [2.24, 2.45) is 0 Å². The van der Waals surface area contributed by atoms with Gasteiger partial charge in [0.25, 0.3) is 11.6 Å². The fraction of sp³-hybridized carbons (Fsp3) is 0.211. The summed E-state index contributed by atoms with van der Waals surface area (Å²) in [5.41, 5.74) is 0.625. The van der Waals surface area contributed by atoms with Crippen LogP contribution in [0.2, 0.25) is 0 Å². The third-order valence-electron chi connectivity index (χ3n) is 4.28. The number of carbonyl (C=O) groups is 2. The first-order valence-electron chi connectivity index (χ1n) is 8.65. The Labute approximate surface area is 185 Å². The maximum atomic E-state index is 12.8. The number of carboxylic acids is 1. The number of hydrogen-bond donors (Lipinski definition) is 1. The van der Waals surface area contributed by atoms with Crippen LogP contribution in [0.25, 0.3) is 17.4 Å². The van der Waals surface area contributed by atoms with Crippen molar-refractivity contribution in [2.75, 3.05) is 12.0 Å². The molecule has 2 heterocycles. The summed E-state index contributed by atoms with van der Waals surface area (Å²) in [5, 5.41) is 20.3. The highest BCUT2D eigenvalue weighted by Crippen LogP contribution is 2.35. The molecule has 11 heteroatoms. The lowest BCUT2D eigenvalue weighted by atomic mass is 10.1. The molecule has 1 N–H and O–H groups in total. The van der Waals surface area contributed by atoms with E-state index in [9.17, 15) is 24.8 Å². The van der Waals surface area contributed by atoms with Crippen molar-refractivity contribution in [3.8, 4) is 11.3 Å². The van der Waals surface area contributed by atoms with Gasteiger partial charge >= 0.3 is 5.97 Å². The number of rotatable bonds is 8. The van der Waals surface area contributed by atoms with Gasteiger partial charge in [0.2, 0.25) is 0 Å². The van der Waals surface area contributed by atoms with Crippen LogP contribution in [0.5, 0.6) is 0 Å². The third-order valence-corrected chi connectivity index (χ3v) is 6.25. The van der Waals surface area contributed by atoms with Crippen LogP contribution in [-0.4, -0.2) is 49.2 Å². The number of nitrogens with zero attached hydrogens (tertiary/aromatic N) is 2. The molecule has 1 amide bonds. The standard InChI is InChI=1S/C19H16N2O6S3/c1-29-9-8-14(18(23)24)20-17(22)16(30-19(20)28)10-13-6-7-15(27-13)11-2-4-12(5-3-11)21(25)26/h2-7,10,14H,8-9H2,1H3,(H,23,24)/b16-10+. The Morgan fingerprint density at radius 2 is 2.07 bits per heavy atom. The van der Waals surface area contributed by atoms with E-state index in [-0.39, 0.29) is 14.9 Å². The lowest BCUT2D eigenvalue weighted by Gasteiger charge is -2.22. The Balaban J connectivity index is 1.80. The molecule has 3 rings (SSSR count). The maximum Gasteiger partial charge on any atom is 0.326 e. The molecule has 0 spiro atoms. The minimum absolute atomic E-state index is 0.0244. The number of carbonyl (C=O) groups excluding carboxylic acids is 1. The van der Waals surface area contributed by atoms with Crippen molar-refractivity contribution in [3.63, 3.8) is 0 Å². The fourth-order valence-corrected chi connectivity index (χ4v) is 4.60. The summed E-state index contributed by atoms with van der Waals surface area (Å²) in [6.07, 6.45) is 3.67. The molecule has 1 aliphatic heterocycles. The van der Waals surface area contributed by atoms with E-state index in [1.54, 1.807) is 24.3 Å². The van der Waals surface area contributed by atoms with Crippen molar-refractivity contribution in [1.29, 1.82) is 0 Å². The summed E-state index contributed by atoms with van der Waals surface area (Å²) in [6, 6.07) is 8.24. The first-order chi connectivity index (χ1) is 14.3. The zero-order valence-electron chi connectivity index (χ0n) is 15.6. The number of nitro groups is 1. The molecule has 30 heavy (non-hydrogen) atoms. The zero-order chi connectivity index (χ0) is 21.8. The van der Waals surface area contributed by atoms with Crippen molar-refractivity contribution in [3.05, 3.63) is 57.2 Å². The van der Waals surface area contributed by atoms with Crippen molar-refractivity contribution >= 4 is 63.7 Å². The normalized spacial score (nSPS) is 16.3. The van der Waals surface area contributed by atoms with Crippen molar-refractivity contribution < 1.29 is 24.0 Å². The summed E-state index contributed by atoms with van der Waals surface area (Å²) in [6.45, 7) is 0. The number of nitro benzene ring substituents is 1. The van der Waals surface area contributed by atoms with E-state index in [1.165, 1.54) is 30.0 Å². The number of furan rings is 1. The molecule has 2 aromatic rings. The number of benzene rings is 1. The van der Waals surface area contributed by atoms with E-state index in [0.29, 0.717) is 29.3 Å². The minimum Gasteiger partial charge on any atom is -0.480 e. The van der Waals surface area contributed by atoms with Crippen LogP contribution in [-0.2, 0) is 9.59 Å². The molecule has 1 fully saturated rings. The number of carboxylic acid groups (broad SMARTS) is 1. The molecule has 1 saturated heterocycles. The van der Waals surface area contributed by atoms with Gasteiger partial charge in [-0.3, -0.25) is 19.8 Å². The largest absolute Gasteiger partial charge is 0.480 e. The smallest absolute Gasteiger partial charge is 0.326 e. The van der Waals surface area contributed by atoms with Crippen LogP contribution in [0.1, 0.15) is 12.2 Å². The molecule has 1 aromatic heterocycles. The number of aliphatic carboxylic acids is 1. The second-order valence-corrected chi connectivity index (χ2v) is 8.85. The topological polar surface area (TPSA) is 114 Å². The van der Waals surface area contributed by atoms with Crippen LogP contribution < -0.4 is 0 Å². The van der Waals surface area contributed by atoms with Crippen LogP contribution in [0.3, 0.4) is 0 Å². The fourth-order valence-electron chi connectivity index (χ4n) is 2.80. The molecule has 8 nitrogen and oxygen atoms in total. The second-order valence-electron chi connectivity index (χ2n) is 6.19. The average Bonchev–Trinajstić information content (AvgIpc) is 3.28. The van der Waals surface area contributed by atoms with E-state index < -0.39 is 22.8 Å². The van der Waals surface area contributed by atoms with E-state index in [2.05, 4.69) is 0 Å². The third kappa shape index (κ3) is 4.74. The summed E-state index contributed by atoms with van der Waals surface area (Å²) in [4.78, 5) is 36.1. The van der Waals surface area contributed by atoms with Gasteiger partial charge in [0, 0.05) is 23.8 Å². The van der Waals surface area contributed by atoms with E-state index in [1.807, 2.05) is 6.26 Å². The lowest BCUT2D eigenvalue weighted by molar-refractivity contribution is -0.384. The monoisotopic (exact) mass is 464 g/mol. The lowest BCUT2D eigenvalue weighted by Crippen LogP contribution is -2.44. The summed E-state index contributed by atoms with van der Waals surface area (Å²) in [5.74, 6) is -0.106. The molecule has 1 unspecified atom stereocenters. The van der Waals surface area contributed by atoms with Crippen LogP contribution >= 0.6 is 35.7 Å². The molecule has 0 radical (unpaired) electrons. The Hall–Kier alpha value is -2.63. The van der Waals surface area contributed by atoms with Gasteiger partial charge in [0.1, 0.15) is 21.9 Å². The molecule has 0 saturated carbocycles. The quantitative estimate of drug-likeness (QED) is 0.265. The highest BCUT2D eigenvalue weighted by atomic mass is 32.2. The van der Waals surface area contributed by atoms with Gasteiger partial charge in [-0.25, -0.2) is 4.79 Å². The Morgan fingerprint density at radius 1 is 1.37 bits per heavy atom. The number of thioether (sulfide) groups is 2. The highest BCUT2D eigenvalue weighted by molar-refractivity contribution is 8.26. The van der Waals surface area contributed by atoms with Gasteiger partial charge < -0.3 is 9.52 Å². The number of amides is 1. The predicted octanol–water partition coefficient (Wildman–Crippen LogP) is 4.26. The second kappa shape index (κ2) is 9.45. The molecular weight excluding hydrogens is 448 g/mol. The van der Waals surface area contributed by atoms with Crippen LogP contribution in [0, 0.1) is 10.1 Å². The van der Waals surface area contributed by atoms with Gasteiger partial charge in [-0.05, 0) is 42.7 Å². The molecule has 0 bridgehead atoms. The van der Waals surface area contributed by atoms with Gasteiger partial charge in [-0.15, -0.1) is 0 Å². The summed E-state index contributed by atoms with van der Waals surface area (Å²) in [7, 11) is 0. The van der Waals surface area contributed by atoms with E-state index >= 15 is 0 Å². The van der Waals surface area contributed by atoms with Crippen molar-refractivity contribution in [1.82, 2.24) is 4.90 Å². The Kier molecular flexibility index (Phi) is 6.95. The molecule has 1 atom stereocenters. The van der Waals surface area contributed by atoms with Gasteiger partial charge in [-0.1, -0.05) is 24.0 Å². The Bertz CT molecular complexity index is 1030. The number of thiocarbonyl (C=S) groups is 1. The first-order valence-corrected chi connectivity index (χ1v) is 11.3. The van der Waals surface area contributed by atoms with Gasteiger partial charge in [-0.2, -0.15) is 11.8 Å². The highest BCUT2D eigenvalue weighted by Gasteiger charge is 2.40. The maximum absolute atomic E-state index is 12.8. The van der Waals surface area contributed by atoms with E-state index in [0.717, 1.165) is 16.7 Å². The summed E-state index contributed by atoms with van der Waals surface area (Å²) >= 11 is 7.77. The van der Waals surface area contributed by atoms with E-state index in [4.69, 9.17) is 16.6 Å². The van der Waals surface area contributed by atoms with Crippen molar-refractivity contribution in [2.45, 2.75) is 12.5 Å². The van der Waals surface area contributed by atoms with Crippen LogP contribution in [0.4, 0.5) is 5.69 Å². The van der Waals surface area contributed by atoms with Gasteiger partial charge in [0.15, 0.2) is 0 Å². The summed E-state index contributed by atoms with van der Waals surface area (Å²) < 4.78 is 5.93. The number of non-ortho nitro benzene ring substituents is 1. The Morgan fingerprint density at radius 3 is 2.67 bits per heavy atom. The SMILES string of the molecule is CSCCC(C(=O)O)N1C(=O)/C(=C\c2ccc(-c3ccc([N+](=O)[O-])cc3)o2)SC1=S. The average molecular weight is 465 g/mol. The van der Waals surface area contributed by atoms with Crippen LogP contribution in [0.15, 0.2) is 45.7 Å². The molecule has 1 aromatic carbocycles. The zero-order valence-corrected chi connectivity index (χ0v) is 18.1. The molecule has 0 aliphatic carbocycles. The predicted molar refractivity (Wildman–Crippen MR) is 120 cm³/mol.